The largest absolute Gasteiger partial charge is 0.325 e. The number of amides is 3. The number of benzene rings is 2. The van der Waals surface area contributed by atoms with Gasteiger partial charge in [-0.05, 0) is 67.1 Å². The van der Waals surface area contributed by atoms with Crippen LogP contribution in [0.5, 0.6) is 0 Å². The zero-order chi connectivity index (χ0) is 28.0. The van der Waals surface area contributed by atoms with Crippen molar-refractivity contribution >= 4 is 29.2 Å². The van der Waals surface area contributed by atoms with E-state index in [2.05, 4.69) is 34.4 Å². The van der Waals surface area contributed by atoms with E-state index < -0.39 is 5.41 Å². The molecular weight excluding hydrogens is 502 g/mol. The monoisotopic (exact) mass is 537 g/mol. The lowest BCUT2D eigenvalue weighted by Gasteiger charge is -2.44. The number of carbonyl (C=O) groups is 3. The maximum absolute atomic E-state index is 13.7. The van der Waals surface area contributed by atoms with E-state index in [0.29, 0.717) is 36.8 Å². The molecule has 0 radical (unpaired) electrons. The van der Waals surface area contributed by atoms with E-state index in [-0.39, 0.29) is 36.3 Å². The first kappa shape index (κ1) is 26.2. The molecule has 3 atom stereocenters. The quantitative estimate of drug-likeness (QED) is 0.497. The molecule has 1 fully saturated rings. The highest BCUT2D eigenvalue weighted by atomic mass is 16.2. The number of nitrogens with one attached hydrogen (secondary N) is 2. The summed E-state index contributed by atoms with van der Waals surface area (Å²) >= 11 is 0. The van der Waals surface area contributed by atoms with Crippen molar-refractivity contribution in [1.29, 1.82) is 0 Å². The van der Waals surface area contributed by atoms with Gasteiger partial charge in [-0.2, -0.15) is 0 Å². The van der Waals surface area contributed by atoms with Gasteiger partial charge in [-0.15, -0.1) is 0 Å². The minimum Gasteiger partial charge on any atom is -0.325 e. The Kier molecular flexibility index (Phi) is 6.66. The summed E-state index contributed by atoms with van der Waals surface area (Å²) in [5, 5.41) is 5.97. The van der Waals surface area contributed by atoms with Crippen LogP contribution >= 0.6 is 0 Å². The van der Waals surface area contributed by atoms with Crippen molar-refractivity contribution in [2.45, 2.75) is 50.6 Å². The van der Waals surface area contributed by atoms with E-state index in [1.54, 1.807) is 11.1 Å². The molecule has 3 aliphatic rings. The maximum atomic E-state index is 13.7. The Bertz CT molecular complexity index is 1470. The Hall–Kier alpha value is -4.04. The lowest BCUT2D eigenvalue weighted by atomic mass is 9.79. The molecule has 8 heteroatoms. The third kappa shape index (κ3) is 4.56. The normalized spacial score (nSPS) is 23.9. The number of rotatable bonds is 6. The van der Waals surface area contributed by atoms with Crippen LogP contribution in [0.15, 0.2) is 66.9 Å². The van der Waals surface area contributed by atoms with E-state index in [0.717, 1.165) is 28.7 Å². The molecule has 1 spiro atoms. The second-order valence-corrected chi connectivity index (χ2v) is 11.8. The summed E-state index contributed by atoms with van der Waals surface area (Å²) in [6, 6.07) is 19.1. The number of anilines is 2. The van der Waals surface area contributed by atoms with Crippen LogP contribution in [0, 0.1) is 5.92 Å². The number of aromatic nitrogens is 1. The Balaban J connectivity index is 1.21. The zero-order valence-corrected chi connectivity index (χ0v) is 23.2. The van der Waals surface area contributed by atoms with Crippen molar-refractivity contribution in [2.24, 2.45) is 5.92 Å². The minimum atomic E-state index is -0.658. The molecule has 0 bridgehead atoms. The Morgan fingerprint density at radius 1 is 1.07 bits per heavy atom. The molecule has 2 aromatic carbocycles. The molecule has 8 nitrogen and oxygen atoms in total. The second kappa shape index (κ2) is 10.2. The lowest BCUT2D eigenvalue weighted by Crippen LogP contribution is -2.58. The van der Waals surface area contributed by atoms with E-state index in [9.17, 15) is 14.4 Å². The molecule has 1 aliphatic carbocycles. The van der Waals surface area contributed by atoms with Crippen molar-refractivity contribution in [3.05, 3.63) is 89.1 Å². The number of piperazine rings is 1. The SMILES string of the molecule is CC(C)CC1C(=O)N(CC(=O)Nc2ccc3c(c2)C[C@@]2(C3)C(=O)Nc3ncccc32)C(c2ccccc2)CN1C. The van der Waals surface area contributed by atoms with Crippen molar-refractivity contribution in [1.82, 2.24) is 14.8 Å². The number of hydrogen-bond donors (Lipinski definition) is 2. The zero-order valence-electron chi connectivity index (χ0n) is 23.2. The van der Waals surface area contributed by atoms with E-state index in [1.807, 2.05) is 67.7 Å². The summed E-state index contributed by atoms with van der Waals surface area (Å²) in [6.07, 6.45) is 3.59. The van der Waals surface area contributed by atoms with Crippen molar-refractivity contribution in [3.8, 4) is 0 Å². The second-order valence-electron chi connectivity index (χ2n) is 11.8. The first-order valence-electron chi connectivity index (χ1n) is 14.0. The van der Waals surface area contributed by atoms with Gasteiger partial charge in [-0.3, -0.25) is 19.3 Å². The van der Waals surface area contributed by atoms with Gasteiger partial charge in [0.25, 0.3) is 0 Å². The summed E-state index contributed by atoms with van der Waals surface area (Å²) in [5.41, 5.74) is 4.10. The summed E-state index contributed by atoms with van der Waals surface area (Å²) in [5.74, 6) is 0.721. The van der Waals surface area contributed by atoms with E-state index in [4.69, 9.17) is 0 Å². The molecule has 2 unspecified atom stereocenters. The van der Waals surface area contributed by atoms with Gasteiger partial charge >= 0.3 is 0 Å². The molecule has 1 saturated heterocycles. The standard InChI is InChI=1S/C32H35N5O3/c1-20(2)14-26-30(39)37(27(18-36(26)3)21-8-5-4-6-9-21)19-28(38)34-24-12-11-22-16-32(17-23(22)15-24)25-10-7-13-33-29(25)35-31(32)40/h4-13,15,20,26-27H,14,16-19H2,1-3H3,(H,34,38)(H,33,35,40)/t26?,27?,32-/m1/s1. The van der Waals surface area contributed by atoms with Gasteiger partial charge in [-0.25, -0.2) is 4.98 Å². The average molecular weight is 538 g/mol. The highest BCUT2D eigenvalue weighted by molar-refractivity contribution is 6.06. The van der Waals surface area contributed by atoms with Gasteiger partial charge in [0.05, 0.1) is 17.5 Å². The number of nitrogens with zero attached hydrogens (tertiary/aromatic N) is 3. The summed E-state index contributed by atoms with van der Waals surface area (Å²) in [7, 11) is 1.99. The number of carbonyl (C=O) groups excluding carboxylic acids is 3. The third-order valence-electron chi connectivity index (χ3n) is 8.59. The Morgan fingerprint density at radius 3 is 2.62 bits per heavy atom. The Morgan fingerprint density at radius 2 is 1.85 bits per heavy atom. The molecule has 40 heavy (non-hydrogen) atoms. The van der Waals surface area contributed by atoms with Crippen LogP contribution in [0.3, 0.4) is 0 Å². The van der Waals surface area contributed by atoms with E-state index in [1.165, 1.54) is 0 Å². The number of hydrogen-bond acceptors (Lipinski definition) is 5. The molecule has 0 saturated carbocycles. The van der Waals surface area contributed by atoms with Crippen LogP contribution in [0.4, 0.5) is 11.5 Å². The maximum Gasteiger partial charge on any atom is 0.244 e. The van der Waals surface area contributed by atoms with E-state index >= 15 is 0 Å². The first-order valence-corrected chi connectivity index (χ1v) is 14.0. The van der Waals surface area contributed by atoms with Crippen molar-refractivity contribution in [2.75, 3.05) is 30.8 Å². The van der Waals surface area contributed by atoms with Crippen LogP contribution < -0.4 is 10.6 Å². The highest BCUT2D eigenvalue weighted by Crippen LogP contribution is 2.47. The fourth-order valence-electron chi connectivity index (χ4n) is 6.61. The van der Waals surface area contributed by atoms with Gasteiger partial charge in [0.2, 0.25) is 17.7 Å². The summed E-state index contributed by atoms with van der Waals surface area (Å²) in [4.78, 5) is 48.4. The predicted octanol–water partition coefficient (Wildman–Crippen LogP) is 3.94. The Labute approximate surface area is 234 Å². The predicted molar refractivity (Wildman–Crippen MR) is 154 cm³/mol. The molecule has 2 aliphatic heterocycles. The lowest BCUT2D eigenvalue weighted by molar-refractivity contribution is -0.148. The van der Waals surface area contributed by atoms with Crippen LogP contribution in [0.2, 0.25) is 0 Å². The average Bonchev–Trinajstić information content (AvgIpc) is 3.45. The van der Waals surface area contributed by atoms with Crippen LogP contribution in [0.25, 0.3) is 0 Å². The molecule has 1 aromatic heterocycles. The molecule has 3 aromatic rings. The molecule has 2 N–H and O–H groups in total. The smallest absolute Gasteiger partial charge is 0.244 e. The van der Waals surface area contributed by atoms with Gasteiger partial charge in [0, 0.05) is 24.0 Å². The number of pyridine rings is 1. The fourth-order valence-corrected chi connectivity index (χ4v) is 6.61. The summed E-state index contributed by atoms with van der Waals surface area (Å²) in [6.45, 7) is 4.87. The van der Waals surface area contributed by atoms with Gasteiger partial charge in [0.15, 0.2) is 0 Å². The van der Waals surface area contributed by atoms with Gasteiger partial charge in [-0.1, -0.05) is 56.3 Å². The van der Waals surface area contributed by atoms with Crippen molar-refractivity contribution in [3.63, 3.8) is 0 Å². The molecule has 6 rings (SSSR count). The molecule has 3 amide bonds. The number of fused-ring (bicyclic) bond motifs is 3. The molecule has 206 valence electrons. The number of likely N-dealkylation sites (N-methyl/N-ethyl adjacent to an activating group) is 1. The summed E-state index contributed by atoms with van der Waals surface area (Å²) < 4.78 is 0. The van der Waals surface area contributed by atoms with Crippen LogP contribution in [0.1, 0.15) is 48.6 Å². The molecule has 3 heterocycles. The fraction of sp³-hybridized carbons (Fsp3) is 0.375. The molecular formula is C32H35N5O3. The van der Waals surface area contributed by atoms with Gasteiger partial charge < -0.3 is 15.5 Å². The minimum absolute atomic E-state index is 0.0122. The highest BCUT2D eigenvalue weighted by Gasteiger charge is 2.51. The topological polar surface area (TPSA) is 94.6 Å². The first-order chi connectivity index (χ1) is 19.2. The van der Waals surface area contributed by atoms with Crippen molar-refractivity contribution < 1.29 is 14.4 Å². The van der Waals surface area contributed by atoms with Crippen LogP contribution in [-0.4, -0.2) is 58.7 Å². The van der Waals surface area contributed by atoms with Gasteiger partial charge in [0.1, 0.15) is 12.4 Å². The third-order valence-corrected chi connectivity index (χ3v) is 8.59. The van der Waals surface area contributed by atoms with Crippen LogP contribution in [-0.2, 0) is 32.6 Å².